The molecule has 0 unspecified atom stereocenters. The molecule has 1 heterocycles. The summed E-state index contributed by atoms with van der Waals surface area (Å²) in [7, 11) is 0. The van der Waals surface area contributed by atoms with E-state index in [1.807, 2.05) is 12.1 Å². The molecular weight excluding hydrogens is 198 g/mol. The molecule has 0 radical (unpaired) electrons. The molecule has 0 aliphatic rings. The van der Waals surface area contributed by atoms with Gasteiger partial charge in [-0.1, -0.05) is 23.8 Å². The number of nitrogens with zero attached hydrogens (tertiary/aromatic N) is 1. The van der Waals surface area contributed by atoms with Gasteiger partial charge in [-0.05, 0) is 36.6 Å². The second-order valence-electron chi connectivity index (χ2n) is 3.90. The van der Waals surface area contributed by atoms with Gasteiger partial charge in [-0.3, -0.25) is 9.78 Å². The van der Waals surface area contributed by atoms with Crippen molar-refractivity contribution >= 4 is 6.29 Å². The van der Waals surface area contributed by atoms with Gasteiger partial charge in [0, 0.05) is 18.0 Å². The summed E-state index contributed by atoms with van der Waals surface area (Å²) in [5.41, 5.74) is 5.07. The van der Waals surface area contributed by atoms with E-state index < -0.39 is 0 Å². The van der Waals surface area contributed by atoms with Crippen LogP contribution in [0.1, 0.15) is 21.5 Å². The number of carbonyl (C=O) groups is 1. The maximum atomic E-state index is 10.9. The van der Waals surface area contributed by atoms with Crippen molar-refractivity contribution in [3.8, 4) is 11.1 Å². The predicted molar refractivity (Wildman–Crippen MR) is 64.5 cm³/mol. The van der Waals surface area contributed by atoms with Crippen LogP contribution in [0.2, 0.25) is 0 Å². The summed E-state index contributed by atoms with van der Waals surface area (Å²) in [6, 6.07) is 8.09. The molecule has 80 valence electrons. The zero-order chi connectivity index (χ0) is 11.5. The molecule has 16 heavy (non-hydrogen) atoms. The normalized spacial score (nSPS) is 10.1. The molecule has 1 aromatic carbocycles. The summed E-state index contributed by atoms with van der Waals surface area (Å²) in [4.78, 5) is 14.9. The first kappa shape index (κ1) is 10.6. The number of hydrogen-bond donors (Lipinski definition) is 0. The van der Waals surface area contributed by atoms with Gasteiger partial charge in [-0.25, -0.2) is 0 Å². The Bertz CT molecular complexity index is 532. The number of aromatic nitrogens is 1. The Labute approximate surface area is 95.0 Å². The SMILES string of the molecule is Cc1ccc(-c2ccncc2C=O)c(C)c1. The maximum absolute atomic E-state index is 10.9. The third-order valence-corrected chi connectivity index (χ3v) is 2.65. The van der Waals surface area contributed by atoms with Gasteiger partial charge in [0.2, 0.25) is 0 Å². The van der Waals surface area contributed by atoms with Crippen molar-refractivity contribution in [1.29, 1.82) is 0 Å². The number of pyridine rings is 1. The van der Waals surface area contributed by atoms with Crippen LogP contribution < -0.4 is 0 Å². The minimum atomic E-state index is 0.634. The van der Waals surface area contributed by atoms with E-state index in [0.717, 1.165) is 17.4 Å². The summed E-state index contributed by atoms with van der Waals surface area (Å²) < 4.78 is 0. The quantitative estimate of drug-likeness (QED) is 0.714. The molecule has 0 fully saturated rings. The number of rotatable bonds is 2. The van der Waals surface area contributed by atoms with Gasteiger partial charge in [0.15, 0.2) is 6.29 Å². The minimum absolute atomic E-state index is 0.634. The van der Waals surface area contributed by atoms with Gasteiger partial charge in [0.1, 0.15) is 0 Å². The number of hydrogen-bond acceptors (Lipinski definition) is 2. The minimum Gasteiger partial charge on any atom is -0.298 e. The fourth-order valence-corrected chi connectivity index (χ4v) is 1.86. The molecule has 1 aromatic heterocycles. The van der Waals surface area contributed by atoms with Crippen LogP contribution >= 0.6 is 0 Å². The van der Waals surface area contributed by atoms with Gasteiger partial charge >= 0.3 is 0 Å². The van der Waals surface area contributed by atoms with Crippen LogP contribution in [0.4, 0.5) is 0 Å². The van der Waals surface area contributed by atoms with Crippen molar-refractivity contribution in [2.75, 3.05) is 0 Å². The Morgan fingerprint density at radius 3 is 2.62 bits per heavy atom. The average molecular weight is 211 g/mol. The predicted octanol–water partition coefficient (Wildman–Crippen LogP) is 3.18. The van der Waals surface area contributed by atoms with Crippen LogP contribution in [0.5, 0.6) is 0 Å². The van der Waals surface area contributed by atoms with Crippen molar-refractivity contribution < 1.29 is 4.79 Å². The summed E-state index contributed by atoms with van der Waals surface area (Å²) in [6.07, 6.45) is 4.16. The fraction of sp³-hybridized carbons (Fsp3) is 0.143. The fourth-order valence-electron chi connectivity index (χ4n) is 1.86. The Balaban J connectivity index is 2.62. The van der Waals surface area contributed by atoms with Crippen molar-refractivity contribution in [1.82, 2.24) is 4.98 Å². The highest BCUT2D eigenvalue weighted by Crippen LogP contribution is 2.25. The van der Waals surface area contributed by atoms with Crippen LogP contribution in [-0.4, -0.2) is 11.3 Å². The molecule has 0 bridgehead atoms. The van der Waals surface area contributed by atoms with Crippen LogP contribution in [0.15, 0.2) is 36.7 Å². The Morgan fingerprint density at radius 1 is 1.12 bits per heavy atom. The zero-order valence-corrected chi connectivity index (χ0v) is 9.40. The van der Waals surface area contributed by atoms with E-state index in [4.69, 9.17) is 0 Å². The molecule has 0 spiro atoms. The largest absolute Gasteiger partial charge is 0.298 e. The van der Waals surface area contributed by atoms with Crippen LogP contribution in [0.25, 0.3) is 11.1 Å². The van der Waals surface area contributed by atoms with E-state index in [0.29, 0.717) is 5.56 Å². The molecule has 0 saturated carbocycles. The Hall–Kier alpha value is -1.96. The van der Waals surface area contributed by atoms with Crippen molar-refractivity contribution in [3.63, 3.8) is 0 Å². The van der Waals surface area contributed by atoms with E-state index in [1.165, 1.54) is 11.1 Å². The van der Waals surface area contributed by atoms with E-state index in [2.05, 4.69) is 31.0 Å². The van der Waals surface area contributed by atoms with Crippen LogP contribution in [0, 0.1) is 13.8 Å². The number of aldehydes is 1. The van der Waals surface area contributed by atoms with E-state index in [-0.39, 0.29) is 0 Å². The van der Waals surface area contributed by atoms with E-state index >= 15 is 0 Å². The highest BCUT2D eigenvalue weighted by molar-refractivity contribution is 5.87. The van der Waals surface area contributed by atoms with Crippen molar-refractivity contribution in [3.05, 3.63) is 53.3 Å². The Morgan fingerprint density at radius 2 is 1.94 bits per heavy atom. The first-order valence-electron chi connectivity index (χ1n) is 5.19. The lowest BCUT2D eigenvalue weighted by atomic mass is 9.97. The lowest BCUT2D eigenvalue weighted by Gasteiger charge is -2.08. The third-order valence-electron chi connectivity index (χ3n) is 2.65. The Kier molecular flexibility index (Phi) is 2.82. The smallest absolute Gasteiger partial charge is 0.152 e. The topological polar surface area (TPSA) is 30.0 Å². The van der Waals surface area contributed by atoms with Gasteiger partial charge in [-0.2, -0.15) is 0 Å². The summed E-state index contributed by atoms with van der Waals surface area (Å²) in [5, 5.41) is 0. The first-order chi connectivity index (χ1) is 7.72. The summed E-state index contributed by atoms with van der Waals surface area (Å²) >= 11 is 0. The van der Waals surface area contributed by atoms with Crippen molar-refractivity contribution in [2.24, 2.45) is 0 Å². The molecule has 2 aromatic rings. The van der Waals surface area contributed by atoms with Gasteiger partial charge in [0.25, 0.3) is 0 Å². The average Bonchev–Trinajstić information content (AvgIpc) is 2.29. The van der Waals surface area contributed by atoms with Crippen LogP contribution in [0.3, 0.4) is 0 Å². The summed E-state index contributed by atoms with van der Waals surface area (Å²) in [5.74, 6) is 0. The van der Waals surface area contributed by atoms with Gasteiger partial charge in [-0.15, -0.1) is 0 Å². The number of benzene rings is 1. The van der Waals surface area contributed by atoms with E-state index in [9.17, 15) is 4.79 Å². The molecule has 0 atom stereocenters. The second-order valence-corrected chi connectivity index (χ2v) is 3.90. The molecule has 0 N–H and O–H groups in total. The maximum Gasteiger partial charge on any atom is 0.152 e. The highest BCUT2D eigenvalue weighted by Gasteiger charge is 2.06. The number of aryl methyl sites for hydroxylation is 2. The molecule has 0 aliphatic carbocycles. The second kappa shape index (κ2) is 4.27. The monoisotopic (exact) mass is 211 g/mol. The molecule has 0 saturated heterocycles. The number of carbonyl (C=O) groups excluding carboxylic acids is 1. The molecule has 2 rings (SSSR count). The lowest BCUT2D eigenvalue weighted by molar-refractivity contribution is 0.112. The first-order valence-corrected chi connectivity index (χ1v) is 5.19. The van der Waals surface area contributed by atoms with Gasteiger partial charge < -0.3 is 0 Å². The molecule has 2 heteroatoms. The van der Waals surface area contributed by atoms with Crippen molar-refractivity contribution in [2.45, 2.75) is 13.8 Å². The molecular formula is C14H13NO. The van der Waals surface area contributed by atoms with Crippen LogP contribution in [-0.2, 0) is 0 Å². The zero-order valence-electron chi connectivity index (χ0n) is 9.40. The molecule has 0 amide bonds. The molecule has 2 nitrogen and oxygen atoms in total. The summed E-state index contributed by atoms with van der Waals surface area (Å²) in [6.45, 7) is 4.11. The van der Waals surface area contributed by atoms with E-state index in [1.54, 1.807) is 12.4 Å². The highest BCUT2D eigenvalue weighted by atomic mass is 16.1. The van der Waals surface area contributed by atoms with Gasteiger partial charge in [0.05, 0.1) is 0 Å². The lowest BCUT2D eigenvalue weighted by Crippen LogP contribution is -1.91. The standard InChI is InChI=1S/C14H13NO/c1-10-3-4-13(11(2)7-10)14-5-6-15-8-12(14)9-16/h3-9H,1-2H3. The third kappa shape index (κ3) is 1.87. The molecule has 0 aliphatic heterocycles.